The molecule has 3 aromatic rings. The Kier molecular flexibility index (Phi) is 3.06. The molecule has 0 saturated heterocycles. The minimum atomic E-state index is -1.00. The Morgan fingerprint density at radius 3 is 2.48 bits per heavy atom. The number of carboxylic acids is 1. The highest BCUT2D eigenvalue weighted by molar-refractivity contribution is 6.00. The van der Waals surface area contributed by atoms with Crippen LogP contribution in [0.2, 0.25) is 0 Å². The zero-order valence-corrected chi connectivity index (χ0v) is 11.7. The SMILES string of the molecule is CN(C)c1ccc(-n2nnc3c(C(=O)O)cccc32)cc1. The Labute approximate surface area is 121 Å². The van der Waals surface area contributed by atoms with E-state index in [-0.39, 0.29) is 5.56 Å². The molecule has 0 amide bonds. The second kappa shape index (κ2) is 4.90. The Bertz CT molecular complexity index is 806. The molecule has 1 N–H and O–H groups in total. The highest BCUT2D eigenvalue weighted by Gasteiger charge is 2.14. The number of aromatic nitrogens is 3. The van der Waals surface area contributed by atoms with Gasteiger partial charge in [-0.05, 0) is 36.4 Å². The first kappa shape index (κ1) is 13.1. The number of carboxylic acid groups (broad SMARTS) is 1. The maximum atomic E-state index is 11.2. The van der Waals surface area contributed by atoms with Crippen LogP contribution < -0.4 is 4.90 Å². The number of hydrogen-bond donors (Lipinski definition) is 1. The third-order valence-electron chi connectivity index (χ3n) is 3.32. The predicted octanol–water partition coefficient (Wildman–Crippen LogP) is 2.18. The van der Waals surface area contributed by atoms with Crippen molar-refractivity contribution in [3.63, 3.8) is 0 Å². The van der Waals surface area contributed by atoms with Crippen molar-refractivity contribution >= 4 is 22.7 Å². The molecule has 0 fully saturated rings. The second-order valence-corrected chi connectivity index (χ2v) is 4.89. The van der Waals surface area contributed by atoms with Gasteiger partial charge in [0.25, 0.3) is 0 Å². The fourth-order valence-electron chi connectivity index (χ4n) is 2.20. The maximum Gasteiger partial charge on any atom is 0.338 e. The summed E-state index contributed by atoms with van der Waals surface area (Å²) in [5, 5.41) is 17.2. The third-order valence-corrected chi connectivity index (χ3v) is 3.32. The lowest BCUT2D eigenvalue weighted by atomic mass is 10.2. The highest BCUT2D eigenvalue weighted by atomic mass is 16.4. The fraction of sp³-hybridized carbons (Fsp3) is 0.133. The number of benzene rings is 2. The average Bonchev–Trinajstić information content (AvgIpc) is 2.90. The molecule has 0 spiro atoms. The topological polar surface area (TPSA) is 71.2 Å². The number of anilines is 1. The van der Waals surface area contributed by atoms with Crippen LogP contribution in [-0.2, 0) is 0 Å². The van der Waals surface area contributed by atoms with Crippen molar-refractivity contribution in [1.29, 1.82) is 0 Å². The van der Waals surface area contributed by atoms with E-state index in [4.69, 9.17) is 0 Å². The molecule has 0 aliphatic heterocycles. The zero-order chi connectivity index (χ0) is 15.0. The van der Waals surface area contributed by atoms with Gasteiger partial charge in [0.1, 0.15) is 5.52 Å². The maximum absolute atomic E-state index is 11.2. The van der Waals surface area contributed by atoms with Crippen LogP contribution in [0, 0.1) is 0 Å². The van der Waals surface area contributed by atoms with E-state index in [1.807, 2.05) is 49.3 Å². The van der Waals surface area contributed by atoms with E-state index in [0.717, 1.165) is 11.4 Å². The van der Waals surface area contributed by atoms with E-state index < -0.39 is 5.97 Å². The van der Waals surface area contributed by atoms with Crippen LogP contribution in [0.1, 0.15) is 10.4 Å². The van der Waals surface area contributed by atoms with Gasteiger partial charge in [-0.25, -0.2) is 9.48 Å². The molecule has 1 aromatic heterocycles. The van der Waals surface area contributed by atoms with E-state index in [1.165, 1.54) is 6.07 Å². The van der Waals surface area contributed by atoms with Gasteiger partial charge in [-0.1, -0.05) is 11.3 Å². The number of hydrogen-bond acceptors (Lipinski definition) is 4. The fourth-order valence-corrected chi connectivity index (χ4v) is 2.20. The number of rotatable bonds is 3. The van der Waals surface area contributed by atoms with E-state index in [2.05, 4.69) is 10.3 Å². The van der Waals surface area contributed by atoms with Crippen molar-refractivity contribution in [2.24, 2.45) is 0 Å². The van der Waals surface area contributed by atoms with Gasteiger partial charge >= 0.3 is 5.97 Å². The molecule has 0 bridgehead atoms. The van der Waals surface area contributed by atoms with Crippen molar-refractivity contribution in [2.45, 2.75) is 0 Å². The molecule has 0 saturated carbocycles. The van der Waals surface area contributed by atoms with Crippen molar-refractivity contribution in [1.82, 2.24) is 15.0 Å². The number of fused-ring (bicyclic) bond motifs is 1. The molecule has 0 unspecified atom stereocenters. The molecule has 6 nitrogen and oxygen atoms in total. The summed E-state index contributed by atoms with van der Waals surface area (Å²) < 4.78 is 1.64. The highest BCUT2D eigenvalue weighted by Crippen LogP contribution is 2.21. The van der Waals surface area contributed by atoms with Crippen molar-refractivity contribution in [2.75, 3.05) is 19.0 Å². The van der Waals surface area contributed by atoms with Gasteiger partial charge in [0.15, 0.2) is 0 Å². The van der Waals surface area contributed by atoms with Crippen molar-refractivity contribution in [3.05, 3.63) is 48.0 Å². The van der Waals surface area contributed by atoms with E-state index >= 15 is 0 Å². The van der Waals surface area contributed by atoms with Crippen LogP contribution in [0.15, 0.2) is 42.5 Å². The normalized spacial score (nSPS) is 10.8. The third kappa shape index (κ3) is 2.20. The largest absolute Gasteiger partial charge is 0.478 e. The molecule has 0 aliphatic rings. The van der Waals surface area contributed by atoms with E-state index in [0.29, 0.717) is 11.0 Å². The Hall–Kier alpha value is -2.89. The Balaban J connectivity index is 2.13. The first-order valence-electron chi connectivity index (χ1n) is 6.43. The minimum Gasteiger partial charge on any atom is -0.478 e. The first-order valence-corrected chi connectivity index (χ1v) is 6.43. The van der Waals surface area contributed by atoms with Crippen LogP contribution in [0.5, 0.6) is 0 Å². The summed E-state index contributed by atoms with van der Waals surface area (Å²) >= 11 is 0. The molecular weight excluding hydrogens is 268 g/mol. The van der Waals surface area contributed by atoms with Gasteiger partial charge < -0.3 is 10.0 Å². The molecule has 0 aliphatic carbocycles. The van der Waals surface area contributed by atoms with E-state index in [1.54, 1.807) is 10.7 Å². The average molecular weight is 282 g/mol. The van der Waals surface area contributed by atoms with E-state index in [9.17, 15) is 9.90 Å². The Morgan fingerprint density at radius 2 is 1.86 bits per heavy atom. The van der Waals surface area contributed by atoms with Crippen LogP contribution in [0.4, 0.5) is 5.69 Å². The lowest BCUT2D eigenvalue weighted by Crippen LogP contribution is -2.08. The number of aromatic carboxylic acids is 1. The molecule has 21 heavy (non-hydrogen) atoms. The molecule has 3 rings (SSSR count). The molecule has 106 valence electrons. The Morgan fingerprint density at radius 1 is 1.14 bits per heavy atom. The summed E-state index contributed by atoms with van der Waals surface area (Å²) in [6.45, 7) is 0. The summed E-state index contributed by atoms with van der Waals surface area (Å²) in [7, 11) is 3.94. The quantitative estimate of drug-likeness (QED) is 0.797. The lowest BCUT2D eigenvalue weighted by molar-refractivity contribution is 0.0699. The molecule has 2 aromatic carbocycles. The smallest absolute Gasteiger partial charge is 0.338 e. The van der Waals surface area contributed by atoms with Gasteiger partial charge in [-0.15, -0.1) is 5.10 Å². The standard InChI is InChI=1S/C15H14N4O2/c1-18(2)10-6-8-11(9-7-10)19-13-5-3-4-12(15(20)21)14(13)16-17-19/h3-9H,1-2H3,(H,20,21). The van der Waals surface area contributed by atoms with Crippen molar-refractivity contribution in [3.8, 4) is 5.69 Å². The summed E-state index contributed by atoms with van der Waals surface area (Å²) in [4.78, 5) is 13.2. The zero-order valence-electron chi connectivity index (χ0n) is 11.7. The van der Waals surface area contributed by atoms with Crippen LogP contribution in [0.3, 0.4) is 0 Å². The van der Waals surface area contributed by atoms with Crippen LogP contribution in [-0.4, -0.2) is 40.2 Å². The van der Waals surface area contributed by atoms with Crippen LogP contribution >= 0.6 is 0 Å². The minimum absolute atomic E-state index is 0.156. The molecular formula is C15H14N4O2. The molecule has 0 radical (unpaired) electrons. The number of carbonyl (C=O) groups is 1. The van der Waals surface area contributed by atoms with Gasteiger partial charge in [0, 0.05) is 19.8 Å². The van der Waals surface area contributed by atoms with Gasteiger partial charge in [-0.3, -0.25) is 0 Å². The second-order valence-electron chi connectivity index (χ2n) is 4.89. The summed E-state index contributed by atoms with van der Waals surface area (Å²) in [5.74, 6) is -1.00. The van der Waals surface area contributed by atoms with Gasteiger partial charge in [0.2, 0.25) is 0 Å². The van der Waals surface area contributed by atoms with Gasteiger partial charge in [0.05, 0.1) is 16.8 Å². The first-order chi connectivity index (χ1) is 10.1. The van der Waals surface area contributed by atoms with Crippen LogP contribution in [0.25, 0.3) is 16.7 Å². The lowest BCUT2D eigenvalue weighted by Gasteiger charge is -2.12. The number of nitrogens with zero attached hydrogens (tertiary/aromatic N) is 4. The molecule has 6 heteroatoms. The molecule has 0 atom stereocenters. The summed E-state index contributed by atoms with van der Waals surface area (Å²) in [6, 6.07) is 12.8. The predicted molar refractivity (Wildman–Crippen MR) is 80.2 cm³/mol. The monoisotopic (exact) mass is 282 g/mol. The summed E-state index contributed by atoms with van der Waals surface area (Å²) in [6.07, 6.45) is 0. The molecule has 1 heterocycles. The summed E-state index contributed by atoms with van der Waals surface area (Å²) in [5.41, 5.74) is 3.14. The van der Waals surface area contributed by atoms with Gasteiger partial charge in [-0.2, -0.15) is 0 Å². The van der Waals surface area contributed by atoms with Crippen molar-refractivity contribution < 1.29 is 9.90 Å².